The zero-order chi connectivity index (χ0) is 13.9. The smallest absolute Gasteiger partial charge is 0.169 e. The molecular formula is C19H24O. The molecule has 20 heavy (non-hydrogen) atoms. The van der Waals surface area contributed by atoms with Gasteiger partial charge in [0, 0.05) is 11.0 Å². The summed E-state index contributed by atoms with van der Waals surface area (Å²) in [6, 6.07) is 6.29. The molecule has 4 saturated carbocycles. The Kier molecular flexibility index (Phi) is 2.64. The third-order valence-corrected chi connectivity index (χ3v) is 6.29. The Labute approximate surface area is 121 Å². The highest BCUT2D eigenvalue weighted by Gasteiger charge is 2.54. The van der Waals surface area contributed by atoms with Gasteiger partial charge < -0.3 is 0 Å². The van der Waals surface area contributed by atoms with Crippen LogP contribution in [0.4, 0.5) is 0 Å². The van der Waals surface area contributed by atoms with E-state index >= 15 is 0 Å². The normalized spacial score (nSPS) is 38.2. The molecule has 4 fully saturated rings. The van der Waals surface area contributed by atoms with E-state index in [9.17, 15) is 4.79 Å². The Bertz CT molecular complexity index is 534. The molecule has 0 saturated heterocycles. The van der Waals surface area contributed by atoms with Crippen LogP contribution in [0.15, 0.2) is 18.2 Å². The Balaban J connectivity index is 1.69. The van der Waals surface area contributed by atoms with Crippen molar-refractivity contribution < 1.29 is 4.79 Å². The predicted octanol–water partition coefficient (Wildman–Crippen LogP) is 4.70. The number of ketones is 1. The maximum absolute atomic E-state index is 13.2. The van der Waals surface area contributed by atoms with Gasteiger partial charge in [-0.05, 0) is 87.3 Å². The first kappa shape index (κ1) is 12.6. The van der Waals surface area contributed by atoms with Crippen LogP contribution in [0.2, 0.25) is 0 Å². The molecule has 4 aliphatic carbocycles. The molecule has 4 aliphatic rings. The first-order valence-electron chi connectivity index (χ1n) is 8.18. The Morgan fingerprint density at radius 2 is 1.50 bits per heavy atom. The first-order chi connectivity index (χ1) is 9.56. The number of hydrogen-bond donors (Lipinski definition) is 0. The molecule has 5 rings (SSSR count). The summed E-state index contributed by atoms with van der Waals surface area (Å²) in [6.07, 6.45) is 7.72. The Hall–Kier alpha value is -1.11. The lowest BCUT2D eigenvalue weighted by Gasteiger charge is -2.56. The maximum Gasteiger partial charge on any atom is 0.169 e. The second-order valence-electron chi connectivity index (χ2n) is 7.83. The van der Waals surface area contributed by atoms with Gasteiger partial charge in [0.15, 0.2) is 5.78 Å². The molecule has 1 aromatic rings. The molecule has 0 radical (unpaired) electrons. The monoisotopic (exact) mass is 268 g/mol. The van der Waals surface area contributed by atoms with Crippen LogP contribution < -0.4 is 0 Å². The van der Waals surface area contributed by atoms with Crippen LogP contribution in [0.1, 0.15) is 60.0 Å². The fourth-order valence-electron chi connectivity index (χ4n) is 5.58. The van der Waals surface area contributed by atoms with Crippen molar-refractivity contribution in [1.82, 2.24) is 0 Å². The summed E-state index contributed by atoms with van der Waals surface area (Å²) >= 11 is 0. The average molecular weight is 268 g/mol. The fraction of sp³-hybridized carbons (Fsp3) is 0.632. The Morgan fingerprint density at radius 1 is 0.950 bits per heavy atom. The van der Waals surface area contributed by atoms with Crippen LogP contribution in [0.25, 0.3) is 0 Å². The number of rotatable bonds is 2. The highest BCUT2D eigenvalue weighted by atomic mass is 16.1. The second-order valence-corrected chi connectivity index (χ2v) is 7.83. The molecule has 0 N–H and O–H groups in total. The van der Waals surface area contributed by atoms with Crippen molar-refractivity contribution in [2.24, 2.45) is 23.2 Å². The summed E-state index contributed by atoms with van der Waals surface area (Å²) in [6.45, 7) is 4.24. The van der Waals surface area contributed by atoms with Crippen LogP contribution in [-0.2, 0) is 0 Å². The van der Waals surface area contributed by atoms with Crippen LogP contribution in [0.5, 0.6) is 0 Å². The van der Waals surface area contributed by atoms with Crippen molar-refractivity contribution in [3.63, 3.8) is 0 Å². The SMILES string of the molecule is Cc1ccc(C(=O)C23CC4CC(CC(C4)C2)C3)cc1C. The molecule has 106 valence electrons. The number of Topliss-reactive ketones (excluding diaryl/α,β-unsaturated/α-hetero) is 1. The van der Waals surface area contributed by atoms with Crippen LogP contribution >= 0.6 is 0 Å². The van der Waals surface area contributed by atoms with Gasteiger partial charge in [0.05, 0.1) is 0 Å². The van der Waals surface area contributed by atoms with Gasteiger partial charge in [-0.3, -0.25) is 4.79 Å². The largest absolute Gasteiger partial charge is 0.294 e. The molecule has 1 nitrogen and oxygen atoms in total. The maximum atomic E-state index is 13.2. The lowest BCUT2D eigenvalue weighted by atomic mass is 9.48. The van der Waals surface area contributed by atoms with Crippen molar-refractivity contribution in [2.75, 3.05) is 0 Å². The van der Waals surface area contributed by atoms with Gasteiger partial charge in [-0.2, -0.15) is 0 Å². The second kappa shape index (κ2) is 4.19. The average Bonchev–Trinajstić information content (AvgIpc) is 2.39. The van der Waals surface area contributed by atoms with Crippen molar-refractivity contribution in [3.8, 4) is 0 Å². The summed E-state index contributed by atoms with van der Waals surface area (Å²) in [5.41, 5.74) is 3.51. The third kappa shape index (κ3) is 1.78. The first-order valence-corrected chi connectivity index (χ1v) is 8.18. The molecule has 0 spiro atoms. The summed E-state index contributed by atoms with van der Waals surface area (Å²) in [4.78, 5) is 13.2. The van der Waals surface area contributed by atoms with Gasteiger partial charge in [0.25, 0.3) is 0 Å². The minimum Gasteiger partial charge on any atom is -0.294 e. The lowest BCUT2D eigenvalue weighted by molar-refractivity contribution is -0.0353. The van der Waals surface area contributed by atoms with Gasteiger partial charge >= 0.3 is 0 Å². The van der Waals surface area contributed by atoms with Gasteiger partial charge in [-0.15, -0.1) is 0 Å². The molecule has 0 atom stereocenters. The van der Waals surface area contributed by atoms with E-state index in [0.717, 1.165) is 23.3 Å². The topological polar surface area (TPSA) is 17.1 Å². The van der Waals surface area contributed by atoms with Gasteiger partial charge in [-0.25, -0.2) is 0 Å². The van der Waals surface area contributed by atoms with Crippen molar-refractivity contribution in [3.05, 3.63) is 34.9 Å². The van der Waals surface area contributed by atoms with Gasteiger partial charge in [-0.1, -0.05) is 12.1 Å². The summed E-state index contributed by atoms with van der Waals surface area (Å²) in [5.74, 6) is 2.99. The fourth-order valence-corrected chi connectivity index (χ4v) is 5.58. The van der Waals surface area contributed by atoms with Crippen molar-refractivity contribution >= 4 is 5.78 Å². The lowest BCUT2D eigenvalue weighted by Crippen LogP contribution is -2.50. The molecular weight excluding hydrogens is 244 g/mol. The third-order valence-electron chi connectivity index (χ3n) is 6.29. The Morgan fingerprint density at radius 3 is 2.00 bits per heavy atom. The highest BCUT2D eigenvalue weighted by Crippen LogP contribution is 2.60. The van der Waals surface area contributed by atoms with E-state index in [1.54, 1.807) is 0 Å². The molecule has 0 aliphatic heterocycles. The quantitative estimate of drug-likeness (QED) is 0.710. The summed E-state index contributed by atoms with van der Waals surface area (Å²) < 4.78 is 0. The number of aryl methyl sites for hydroxylation is 2. The molecule has 4 bridgehead atoms. The van der Waals surface area contributed by atoms with E-state index in [2.05, 4.69) is 32.0 Å². The van der Waals surface area contributed by atoms with Gasteiger partial charge in [0.1, 0.15) is 0 Å². The number of benzene rings is 1. The highest BCUT2D eigenvalue weighted by molar-refractivity contribution is 6.01. The van der Waals surface area contributed by atoms with Crippen molar-refractivity contribution in [1.29, 1.82) is 0 Å². The molecule has 0 amide bonds. The minimum atomic E-state index is 0.0104. The van der Waals surface area contributed by atoms with Crippen molar-refractivity contribution in [2.45, 2.75) is 52.4 Å². The summed E-state index contributed by atoms with van der Waals surface area (Å²) in [5, 5.41) is 0. The van der Waals surface area contributed by atoms with E-state index in [1.165, 1.54) is 49.7 Å². The standard InChI is InChI=1S/C19H24O/c1-12-3-4-17(5-13(12)2)18(20)19-9-14-6-15(10-19)8-16(7-14)11-19/h3-5,14-16H,6-11H2,1-2H3. The van der Waals surface area contributed by atoms with E-state index < -0.39 is 0 Å². The summed E-state index contributed by atoms with van der Waals surface area (Å²) in [7, 11) is 0. The minimum absolute atomic E-state index is 0.0104. The van der Waals surface area contributed by atoms with E-state index in [1.807, 2.05) is 0 Å². The van der Waals surface area contributed by atoms with Crippen LogP contribution in [0, 0.1) is 37.0 Å². The van der Waals surface area contributed by atoms with E-state index in [4.69, 9.17) is 0 Å². The molecule has 0 aromatic heterocycles. The number of carbonyl (C=O) groups excluding carboxylic acids is 1. The predicted molar refractivity (Wildman–Crippen MR) is 80.9 cm³/mol. The molecule has 0 heterocycles. The molecule has 0 unspecified atom stereocenters. The number of hydrogen-bond acceptors (Lipinski definition) is 1. The van der Waals surface area contributed by atoms with E-state index in [0.29, 0.717) is 5.78 Å². The number of carbonyl (C=O) groups is 1. The van der Waals surface area contributed by atoms with Gasteiger partial charge in [0.2, 0.25) is 0 Å². The van der Waals surface area contributed by atoms with Crippen LogP contribution in [-0.4, -0.2) is 5.78 Å². The zero-order valence-corrected chi connectivity index (χ0v) is 12.6. The van der Waals surface area contributed by atoms with E-state index in [-0.39, 0.29) is 5.41 Å². The molecule has 1 aromatic carbocycles. The van der Waals surface area contributed by atoms with Crippen LogP contribution in [0.3, 0.4) is 0 Å². The molecule has 1 heteroatoms. The zero-order valence-electron chi connectivity index (χ0n) is 12.6.